The first-order valence-corrected chi connectivity index (χ1v) is 11.5. The van der Waals surface area contributed by atoms with Crippen LogP contribution < -0.4 is 14.4 Å². The molecule has 7 heteroatoms. The fourth-order valence-electron chi connectivity index (χ4n) is 3.84. The smallest absolute Gasteiger partial charge is 0.243 e. The monoisotopic (exact) mass is 417 g/mol. The van der Waals surface area contributed by atoms with E-state index in [-0.39, 0.29) is 12.2 Å². The standard InChI is InChI=1S/C22H28N2O4S/c1-22(2,3)18-5-7-19(8-6-18)29(25,26)24-12-10-23(11-13-24)15-17-4-9-20-21(14-17)28-16-27-20/h4-9,14H,10-13,15-16H2,1-3H3/p+1. The van der Waals surface area contributed by atoms with Crippen LogP contribution in [0.4, 0.5) is 0 Å². The molecule has 2 heterocycles. The van der Waals surface area contributed by atoms with Gasteiger partial charge in [0.05, 0.1) is 31.1 Å². The van der Waals surface area contributed by atoms with E-state index in [0.29, 0.717) is 18.0 Å². The lowest BCUT2D eigenvalue weighted by Gasteiger charge is -2.31. The molecule has 1 fully saturated rings. The van der Waals surface area contributed by atoms with E-state index in [2.05, 4.69) is 26.8 Å². The Hall–Kier alpha value is -2.09. The lowest BCUT2D eigenvalue weighted by atomic mass is 9.87. The first-order valence-electron chi connectivity index (χ1n) is 10.1. The van der Waals surface area contributed by atoms with Gasteiger partial charge in [0.2, 0.25) is 16.8 Å². The fourth-order valence-corrected chi connectivity index (χ4v) is 5.28. The van der Waals surface area contributed by atoms with Gasteiger partial charge in [-0.1, -0.05) is 32.9 Å². The summed E-state index contributed by atoms with van der Waals surface area (Å²) in [5.74, 6) is 1.58. The zero-order valence-electron chi connectivity index (χ0n) is 17.3. The Bertz CT molecular complexity index is 973. The van der Waals surface area contributed by atoms with Crippen LogP contribution in [-0.4, -0.2) is 45.7 Å². The van der Waals surface area contributed by atoms with Crippen molar-refractivity contribution in [1.29, 1.82) is 0 Å². The van der Waals surface area contributed by atoms with E-state index in [1.165, 1.54) is 10.5 Å². The molecular weight excluding hydrogens is 388 g/mol. The van der Waals surface area contributed by atoms with E-state index in [4.69, 9.17) is 9.47 Å². The zero-order chi connectivity index (χ0) is 20.6. The van der Waals surface area contributed by atoms with E-state index >= 15 is 0 Å². The van der Waals surface area contributed by atoms with E-state index in [9.17, 15) is 8.42 Å². The summed E-state index contributed by atoms with van der Waals surface area (Å²) in [6, 6.07) is 13.3. The SMILES string of the molecule is CC(C)(C)c1ccc(S(=O)(=O)N2CC[NH+](Cc3ccc4c(c3)OCO4)CC2)cc1. The first-order chi connectivity index (χ1) is 13.7. The molecule has 2 aliphatic heterocycles. The predicted molar refractivity (Wildman–Crippen MR) is 111 cm³/mol. The molecule has 1 saturated heterocycles. The van der Waals surface area contributed by atoms with Gasteiger partial charge in [0.15, 0.2) is 11.5 Å². The van der Waals surface area contributed by atoms with Crippen molar-refractivity contribution in [3.8, 4) is 11.5 Å². The van der Waals surface area contributed by atoms with Crippen LogP contribution in [0.2, 0.25) is 0 Å². The quantitative estimate of drug-likeness (QED) is 0.824. The molecule has 0 saturated carbocycles. The maximum absolute atomic E-state index is 13.0. The molecule has 0 radical (unpaired) electrons. The van der Waals surface area contributed by atoms with Crippen molar-refractivity contribution in [3.63, 3.8) is 0 Å². The van der Waals surface area contributed by atoms with Gasteiger partial charge in [0.1, 0.15) is 6.54 Å². The van der Waals surface area contributed by atoms with E-state index in [0.717, 1.165) is 36.7 Å². The maximum atomic E-state index is 13.0. The minimum Gasteiger partial charge on any atom is -0.454 e. The summed E-state index contributed by atoms with van der Waals surface area (Å²) in [5.41, 5.74) is 2.32. The Morgan fingerprint density at radius 1 is 0.966 bits per heavy atom. The molecule has 6 nitrogen and oxygen atoms in total. The molecule has 0 aliphatic carbocycles. The number of nitrogens with zero attached hydrogens (tertiary/aromatic N) is 1. The highest BCUT2D eigenvalue weighted by atomic mass is 32.2. The van der Waals surface area contributed by atoms with Crippen LogP contribution in [0.5, 0.6) is 11.5 Å². The highest BCUT2D eigenvalue weighted by Gasteiger charge is 2.31. The zero-order valence-corrected chi connectivity index (χ0v) is 18.1. The summed E-state index contributed by atoms with van der Waals surface area (Å²) in [7, 11) is -3.45. The van der Waals surface area contributed by atoms with E-state index in [1.54, 1.807) is 16.4 Å². The molecule has 1 N–H and O–H groups in total. The Balaban J connectivity index is 1.38. The molecule has 0 atom stereocenters. The number of rotatable bonds is 4. The van der Waals surface area contributed by atoms with Crippen LogP contribution in [0.25, 0.3) is 0 Å². The number of hydrogen-bond acceptors (Lipinski definition) is 4. The molecule has 0 aromatic heterocycles. The number of benzene rings is 2. The third kappa shape index (κ3) is 4.27. The van der Waals surface area contributed by atoms with Crippen molar-refractivity contribution < 1.29 is 22.8 Å². The second-order valence-electron chi connectivity index (χ2n) is 8.79. The van der Waals surface area contributed by atoms with Gasteiger partial charge in [-0.05, 0) is 41.3 Å². The van der Waals surface area contributed by atoms with Crippen LogP contribution in [0.3, 0.4) is 0 Å². The summed E-state index contributed by atoms with van der Waals surface area (Å²) in [6.45, 7) is 10.1. The Labute approximate surface area is 173 Å². The molecule has 2 aromatic carbocycles. The minimum atomic E-state index is -3.45. The third-order valence-electron chi connectivity index (χ3n) is 5.68. The van der Waals surface area contributed by atoms with Gasteiger partial charge in [0, 0.05) is 5.56 Å². The van der Waals surface area contributed by atoms with Crippen molar-refractivity contribution in [2.24, 2.45) is 0 Å². The normalized spacial score (nSPS) is 18.2. The second kappa shape index (κ2) is 7.63. The van der Waals surface area contributed by atoms with Crippen molar-refractivity contribution in [1.82, 2.24) is 4.31 Å². The van der Waals surface area contributed by atoms with Crippen LogP contribution in [0.15, 0.2) is 47.4 Å². The average Bonchev–Trinajstić information content (AvgIpc) is 3.16. The number of hydrogen-bond donors (Lipinski definition) is 1. The molecule has 156 valence electrons. The largest absolute Gasteiger partial charge is 0.454 e. The van der Waals surface area contributed by atoms with Crippen LogP contribution >= 0.6 is 0 Å². The summed E-state index contributed by atoms with van der Waals surface area (Å²) in [5, 5.41) is 0. The summed E-state index contributed by atoms with van der Waals surface area (Å²) < 4.78 is 38.5. The summed E-state index contributed by atoms with van der Waals surface area (Å²) >= 11 is 0. The number of ether oxygens (including phenoxy) is 2. The van der Waals surface area contributed by atoms with E-state index < -0.39 is 10.0 Å². The molecule has 2 aromatic rings. The molecule has 0 bridgehead atoms. The molecule has 0 unspecified atom stereocenters. The molecular formula is C22H29N2O4S+. The minimum absolute atomic E-state index is 0.00595. The van der Waals surface area contributed by atoms with Gasteiger partial charge < -0.3 is 14.4 Å². The second-order valence-corrected chi connectivity index (χ2v) is 10.7. The third-order valence-corrected chi connectivity index (χ3v) is 7.59. The molecule has 0 amide bonds. The molecule has 0 spiro atoms. The predicted octanol–water partition coefficient (Wildman–Crippen LogP) is 1.80. The van der Waals surface area contributed by atoms with Gasteiger partial charge in [0.25, 0.3) is 0 Å². The first kappa shape index (κ1) is 20.2. The molecule has 4 rings (SSSR count). The van der Waals surface area contributed by atoms with E-state index in [1.807, 2.05) is 24.3 Å². The summed E-state index contributed by atoms with van der Waals surface area (Å²) in [6.07, 6.45) is 0. The Kier molecular flexibility index (Phi) is 5.31. The average molecular weight is 418 g/mol. The van der Waals surface area contributed by atoms with Gasteiger partial charge >= 0.3 is 0 Å². The number of nitrogens with one attached hydrogen (secondary N) is 1. The highest BCUT2D eigenvalue weighted by molar-refractivity contribution is 7.89. The van der Waals surface area contributed by atoms with Crippen molar-refractivity contribution in [2.45, 2.75) is 37.6 Å². The lowest BCUT2D eigenvalue weighted by Crippen LogP contribution is -3.13. The van der Waals surface area contributed by atoms with Gasteiger partial charge in [-0.2, -0.15) is 4.31 Å². The van der Waals surface area contributed by atoms with Crippen LogP contribution in [-0.2, 0) is 22.0 Å². The van der Waals surface area contributed by atoms with Gasteiger partial charge in [-0.3, -0.25) is 0 Å². The number of sulfonamides is 1. The fraction of sp³-hybridized carbons (Fsp3) is 0.455. The maximum Gasteiger partial charge on any atom is 0.243 e. The highest BCUT2D eigenvalue weighted by Crippen LogP contribution is 2.32. The Morgan fingerprint density at radius 3 is 2.28 bits per heavy atom. The number of quaternary nitrogens is 1. The van der Waals surface area contributed by atoms with Crippen molar-refractivity contribution in [2.75, 3.05) is 33.0 Å². The van der Waals surface area contributed by atoms with Crippen molar-refractivity contribution >= 4 is 10.0 Å². The number of piperazine rings is 1. The topological polar surface area (TPSA) is 60.3 Å². The molecule has 29 heavy (non-hydrogen) atoms. The summed E-state index contributed by atoms with van der Waals surface area (Å²) in [4.78, 5) is 1.75. The number of fused-ring (bicyclic) bond motifs is 1. The molecule has 2 aliphatic rings. The lowest BCUT2D eigenvalue weighted by molar-refractivity contribution is -0.917. The Morgan fingerprint density at radius 2 is 1.62 bits per heavy atom. The van der Waals surface area contributed by atoms with Gasteiger partial charge in [-0.15, -0.1) is 0 Å². The van der Waals surface area contributed by atoms with Crippen LogP contribution in [0.1, 0.15) is 31.9 Å². The van der Waals surface area contributed by atoms with Crippen molar-refractivity contribution in [3.05, 3.63) is 53.6 Å². The van der Waals surface area contributed by atoms with Gasteiger partial charge in [-0.25, -0.2) is 8.42 Å². The van der Waals surface area contributed by atoms with Crippen LogP contribution in [0, 0.1) is 0 Å².